The molecule has 1 N–H and O–H groups in total. The molecule has 1 unspecified atom stereocenters. The number of benzene rings is 1. The Morgan fingerprint density at radius 1 is 1.00 bits per heavy atom. The number of ether oxygens (including phenoxy) is 1. The quantitative estimate of drug-likeness (QED) is 0.628. The maximum atomic E-state index is 5.80. The summed E-state index contributed by atoms with van der Waals surface area (Å²) in [6.07, 6.45) is 5.05. The Kier molecular flexibility index (Phi) is 8.56. The van der Waals surface area contributed by atoms with Gasteiger partial charge in [-0.15, -0.1) is 0 Å². The van der Waals surface area contributed by atoms with Crippen molar-refractivity contribution in [2.24, 2.45) is 0 Å². The SMILES string of the molecule is CCCCCCOCC(NC)c1ccc(C(C)C)cc1. The van der Waals surface area contributed by atoms with Crippen LogP contribution in [-0.2, 0) is 4.74 Å². The van der Waals surface area contributed by atoms with Crippen LogP contribution >= 0.6 is 0 Å². The lowest BCUT2D eigenvalue weighted by Crippen LogP contribution is -2.22. The molecule has 0 bridgehead atoms. The summed E-state index contributed by atoms with van der Waals surface area (Å²) in [6.45, 7) is 8.32. The van der Waals surface area contributed by atoms with Gasteiger partial charge in [0, 0.05) is 6.61 Å². The third kappa shape index (κ3) is 6.06. The topological polar surface area (TPSA) is 21.3 Å². The number of unbranched alkanes of at least 4 members (excludes halogenated alkanes) is 3. The Labute approximate surface area is 124 Å². The second-order valence-corrected chi connectivity index (χ2v) is 5.80. The average Bonchev–Trinajstić information content (AvgIpc) is 2.47. The van der Waals surface area contributed by atoms with Crippen LogP contribution in [0.1, 0.15) is 69.5 Å². The second-order valence-electron chi connectivity index (χ2n) is 5.80. The predicted octanol–water partition coefficient (Wildman–Crippen LogP) is 4.67. The van der Waals surface area contributed by atoms with E-state index in [4.69, 9.17) is 4.74 Å². The van der Waals surface area contributed by atoms with Crippen LogP contribution < -0.4 is 5.32 Å². The van der Waals surface area contributed by atoms with E-state index in [-0.39, 0.29) is 0 Å². The molecule has 20 heavy (non-hydrogen) atoms. The van der Waals surface area contributed by atoms with Crippen LogP contribution in [0.4, 0.5) is 0 Å². The van der Waals surface area contributed by atoms with E-state index >= 15 is 0 Å². The Morgan fingerprint density at radius 3 is 2.20 bits per heavy atom. The van der Waals surface area contributed by atoms with E-state index in [1.165, 1.54) is 36.8 Å². The Balaban J connectivity index is 2.37. The first-order valence-corrected chi connectivity index (χ1v) is 8.03. The van der Waals surface area contributed by atoms with Crippen molar-refractivity contribution in [3.05, 3.63) is 35.4 Å². The van der Waals surface area contributed by atoms with Gasteiger partial charge in [0.25, 0.3) is 0 Å². The van der Waals surface area contributed by atoms with Crippen LogP contribution in [-0.4, -0.2) is 20.3 Å². The Bertz CT molecular complexity index is 345. The number of likely N-dealkylation sites (N-methyl/N-ethyl adjacent to an activating group) is 1. The molecule has 1 atom stereocenters. The third-order valence-corrected chi connectivity index (χ3v) is 3.78. The number of rotatable bonds is 10. The fourth-order valence-corrected chi connectivity index (χ4v) is 2.29. The summed E-state index contributed by atoms with van der Waals surface area (Å²) in [5.74, 6) is 0.590. The summed E-state index contributed by atoms with van der Waals surface area (Å²) in [5, 5.41) is 3.34. The Morgan fingerprint density at radius 2 is 1.65 bits per heavy atom. The van der Waals surface area contributed by atoms with Crippen molar-refractivity contribution in [3.8, 4) is 0 Å². The molecule has 114 valence electrons. The van der Waals surface area contributed by atoms with Crippen LogP contribution in [0.15, 0.2) is 24.3 Å². The van der Waals surface area contributed by atoms with E-state index in [0.29, 0.717) is 12.0 Å². The second kappa shape index (κ2) is 9.95. The smallest absolute Gasteiger partial charge is 0.0661 e. The summed E-state index contributed by atoms with van der Waals surface area (Å²) in [6, 6.07) is 9.19. The van der Waals surface area contributed by atoms with Crippen molar-refractivity contribution in [3.63, 3.8) is 0 Å². The van der Waals surface area contributed by atoms with Gasteiger partial charge in [-0.3, -0.25) is 0 Å². The lowest BCUT2D eigenvalue weighted by Gasteiger charge is -2.18. The van der Waals surface area contributed by atoms with Gasteiger partial charge in [-0.2, -0.15) is 0 Å². The molecule has 0 aromatic heterocycles. The average molecular weight is 277 g/mol. The number of hydrogen-bond donors (Lipinski definition) is 1. The molecular weight excluding hydrogens is 246 g/mol. The van der Waals surface area contributed by atoms with E-state index < -0.39 is 0 Å². The summed E-state index contributed by atoms with van der Waals surface area (Å²) >= 11 is 0. The highest BCUT2D eigenvalue weighted by Gasteiger charge is 2.09. The largest absolute Gasteiger partial charge is 0.379 e. The fourth-order valence-electron chi connectivity index (χ4n) is 2.29. The van der Waals surface area contributed by atoms with Crippen LogP contribution in [0.2, 0.25) is 0 Å². The van der Waals surface area contributed by atoms with Crippen molar-refractivity contribution in [2.45, 2.75) is 58.4 Å². The zero-order valence-corrected chi connectivity index (χ0v) is 13.6. The summed E-state index contributed by atoms with van der Waals surface area (Å²) < 4.78 is 5.80. The van der Waals surface area contributed by atoms with E-state index in [2.05, 4.69) is 50.4 Å². The van der Waals surface area contributed by atoms with Crippen molar-refractivity contribution < 1.29 is 4.74 Å². The van der Waals surface area contributed by atoms with Crippen molar-refractivity contribution in [1.29, 1.82) is 0 Å². The van der Waals surface area contributed by atoms with Gasteiger partial charge in [0.2, 0.25) is 0 Å². The van der Waals surface area contributed by atoms with Gasteiger partial charge in [-0.05, 0) is 30.5 Å². The molecule has 0 fully saturated rings. The van der Waals surface area contributed by atoms with Crippen LogP contribution in [0.25, 0.3) is 0 Å². The monoisotopic (exact) mass is 277 g/mol. The molecule has 1 aromatic rings. The molecule has 0 aliphatic heterocycles. The molecule has 0 saturated carbocycles. The van der Waals surface area contributed by atoms with Crippen LogP contribution in [0.5, 0.6) is 0 Å². The molecule has 2 nitrogen and oxygen atoms in total. The zero-order valence-electron chi connectivity index (χ0n) is 13.6. The third-order valence-electron chi connectivity index (χ3n) is 3.78. The van der Waals surface area contributed by atoms with Crippen LogP contribution in [0, 0.1) is 0 Å². The zero-order chi connectivity index (χ0) is 14.8. The molecule has 1 rings (SSSR count). The van der Waals surface area contributed by atoms with Crippen LogP contribution in [0.3, 0.4) is 0 Å². The maximum absolute atomic E-state index is 5.80. The van der Waals surface area contributed by atoms with Crippen molar-refractivity contribution in [2.75, 3.05) is 20.3 Å². The van der Waals surface area contributed by atoms with E-state index in [9.17, 15) is 0 Å². The normalized spacial score (nSPS) is 12.8. The first-order chi connectivity index (χ1) is 9.69. The minimum absolute atomic E-state index is 0.294. The number of nitrogens with one attached hydrogen (secondary N) is 1. The van der Waals surface area contributed by atoms with Gasteiger partial charge in [0.15, 0.2) is 0 Å². The van der Waals surface area contributed by atoms with E-state index in [1.54, 1.807) is 0 Å². The van der Waals surface area contributed by atoms with E-state index in [0.717, 1.165) is 13.2 Å². The minimum Gasteiger partial charge on any atom is -0.379 e. The highest BCUT2D eigenvalue weighted by molar-refractivity contribution is 5.26. The van der Waals surface area contributed by atoms with E-state index in [1.807, 2.05) is 7.05 Å². The molecule has 1 aromatic carbocycles. The minimum atomic E-state index is 0.294. The van der Waals surface area contributed by atoms with Gasteiger partial charge >= 0.3 is 0 Å². The molecule has 0 amide bonds. The predicted molar refractivity (Wildman–Crippen MR) is 87.3 cm³/mol. The molecule has 0 aliphatic rings. The summed E-state index contributed by atoms with van der Waals surface area (Å²) in [5.41, 5.74) is 2.70. The van der Waals surface area contributed by atoms with Crippen molar-refractivity contribution in [1.82, 2.24) is 5.32 Å². The van der Waals surface area contributed by atoms with Gasteiger partial charge in [-0.25, -0.2) is 0 Å². The molecule has 0 spiro atoms. The molecule has 0 heterocycles. The lowest BCUT2D eigenvalue weighted by molar-refractivity contribution is 0.110. The first-order valence-electron chi connectivity index (χ1n) is 8.03. The highest BCUT2D eigenvalue weighted by Crippen LogP contribution is 2.19. The number of hydrogen-bond acceptors (Lipinski definition) is 2. The van der Waals surface area contributed by atoms with Crippen molar-refractivity contribution >= 4 is 0 Å². The molecule has 0 aliphatic carbocycles. The molecular formula is C18H31NO. The highest BCUT2D eigenvalue weighted by atomic mass is 16.5. The van der Waals surface area contributed by atoms with Gasteiger partial charge in [-0.1, -0.05) is 64.3 Å². The lowest BCUT2D eigenvalue weighted by atomic mass is 9.99. The van der Waals surface area contributed by atoms with Gasteiger partial charge in [0.05, 0.1) is 12.6 Å². The summed E-state index contributed by atoms with van der Waals surface area (Å²) in [7, 11) is 2.00. The van der Waals surface area contributed by atoms with Gasteiger partial charge in [0.1, 0.15) is 0 Å². The fraction of sp³-hybridized carbons (Fsp3) is 0.667. The standard InChI is InChI=1S/C18H31NO/c1-5-6-7-8-13-20-14-18(19-4)17-11-9-16(10-12-17)15(2)3/h9-12,15,18-19H,5-8,13-14H2,1-4H3. The molecule has 2 heteroatoms. The Hall–Kier alpha value is -0.860. The maximum Gasteiger partial charge on any atom is 0.0661 e. The molecule has 0 saturated heterocycles. The van der Waals surface area contributed by atoms with Gasteiger partial charge < -0.3 is 10.1 Å². The molecule has 0 radical (unpaired) electrons. The summed E-state index contributed by atoms with van der Waals surface area (Å²) in [4.78, 5) is 0. The first kappa shape index (κ1) is 17.2.